The summed E-state index contributed by atoms with van der Waals surface area (Å²) in [7, 11) is 0. The molecule has 0 radical (unpaired) electrons. The Morgan fingerprint density at radius 2 is 1.53 bits per heavy atom. The monoisotopic (exact) mass is 404 g/mol. The van der Waals surface area contributed by atoms with Crippen LogP contribution < -0.4 is 20.1 Å². The SMILES string of the molecule is CCOc1ccccc1NC(=O)c1ccc(OCC(=O)NCc2ccccc2)cc1. The number of hydrogen-bond acceptors (Lipinski definition) is 4. The first-order valence-electron chi connectivity index (χ1n) is 9.72. The van der Waals surface area contributed by atoms with E-state index in [4.69, 9.17) is 9.47 Å². The summed E-state index contributed by atoms with van der Waals surface area (Å²) in [5, 5.41) is 5.65. The minimum Gasteiger partial charge on any atom is -0.492 e. The van der Waals surface area contributed by atoms with E-state index in [2.05, 4.69) is 10.6 Å². The van der Waals surface area contributed by atoms with Gasteiger partial charge in [0.25, 0.3) is 11.8 Å². The topological polar surface area (TPSA) is 76.7 Å². The normalized spacial score (nSPS) is 10.2. The van der Waals surface area contributed by atoms with E-state index >= 15 is 0 Å². The number of nitrogens with one attached hydrogen (secondary N) is 2. The number of para-hydroxylation sites is 2. The van der Waals surface area contributed by atoms with Gasteiger partial charge in [-0.05, 0) is 48.9 Å². The van der Waals surface area contributed by atoms with Crippen molar-refractivity contribution in [3.8, 4) is 11.5 Å². The number of carbonyl (C=O) groups excluding carboxylic acids is 2. The van der Waals surface area contributed by atoms with Gasteiger partial charge in [0.15, 0.2) is 6.61 Å². The molecule has 0 aromatic heterocycles. The molecule has 0 aliphatic rings. The quantitative estimate of drug-likeness (QED) is 0.565. The lowest BCUT2D eigenvalue weighted by atomic mass is 10.2. The van der Waals surface area contributed by atoms with Gasteiger partial charge in [-0.2, -0.15) is 0 Å². The van der Waals surface area contributed by atoms with Crippen LogP contribution in [0.5, 0.6) is 11.5 Å². The number of amides is 2. The van der Waals surface area contributed by atoms with Crippen LogP contribution in [0.15, 0.2) is 78.9 Å². The Morgan fingerprint density at radius 1 is 0.833 bits per heavy atom. The summed E-state index contributed by atoms with van der Waals surface area (Å²) < 4.78 is 11.0. The van der Waals surface area contributed by atoms with Gasteiger partial charge in [-0.3, -0.25) is 9.59 Å². The lowest BCUT2D eigenvalue weighted by molar-refractivity contribution is -0.123. The van der Waals surface area contributed by atoms with Crippen LogP contribution in [0, 0.1) is 0 Å². The van der Waals surface area contributed by atoms with Crippen molar-refractivity contribution in [2.75, 3.05) is 18.5 Å². The highest BCUT2D eigenvalue weighted by Crippen LogP contribution is 2.24. The van der Waals surface area contributed by atoms with E-state index in [0.29, 0.717) is 35.9 Å². The zero-order valence-electron chi connectivity index (χ0n) is 16.8. The third-order valence-electron chi connectivity index (χ3n) is 4.25. The van der Waals surface area contributed by atoms with Crippen molar-refractivity contribution in [2.45, 2.75) is 13.5 Å². The molecule has 30 heavy (non-hydrogen) atoms. The molecule has 2 amide bonds. The fourth-order valence-corrected chi connectivity index (χ4v) is 2.74. The molecule has 0 aliphatic carbocycles. The van der Waals surface area contributed by atoms with Crippen molar-refractivity contribution in [3.05, 3.63) is 90.0 Å². The summed E-state index contributed by atoms with van der Waals surface area (Å²) >= 11 is 0. The van der Waals surface area contributed by atoms with Crippen molar-refractivity contribution in [3.63, 3.8) is 0 Å². The van der Waals surface area contributed by atoms with Crippen LogP contribution in [0.3, 0.4) is 0 Å². The minimum atomic E-state index is -0.255. The van der Waals surface area contributed by atoms with E-state index in [0.717, 1.165) is 5.56 Å². The van der Waals surface area contributed by atoms with Gasteiger partial charge in [-0.25, -0.2) is 0 Å². The maximum Gasteiger partial charge on any atom is 0.258 e. The van der Waals surface area contributed by atoms with Gasteiger partial charge in [0.2, 0.25) is 0 Å². The van der Waals surface area contributed by atoms with E-state index in [1.807, 2.05) is 49.4 Å². The third-order valence-corrected chi connectivity index (χ3v) is 4.25. The van der Waals surface area contributed by atoms with Gasteiger partial charge in [-0.15, -0.1) is 0 Å². The van der Waals surface area contributed by atoms with Crippen LogP contribution in [-0.4, -0.2) is 25.0 Å². The summed E-state index contributed by atoms with van der Waals surface area (Å²) in [6, 6.07) is 23.5. The second-order valence-electron chi connectivity index (χ2n) is 6.46. The molecule has 0 saturated heterocycles. The molecule has 3 rings (SSSR count). The molecule has 0 fully saturated rings. The van der Waals surface area contributed by atoms with E-state index < -0.39 is 0 Å². The Morgan fingerprint density at radius 3 is 2.27 bits per heavy atom. The van der Waals surface area contributed by atoms with Crippen LogP contribution >= 0.6 is 0 Å². The molecule has 6 heteroatoms. The molecule has 0 atom stereocenters. The average Bonchev–Trinajstić information content (AvgIpc) is 2.79. The van der Waals surface area contributed by atoms with E-state index in [-0.39, 0.29) is 18.4 Å². The Labute approximate surface area is 175 Å². The highest BCUT2D eigenvalue weighted by atomic mass is 16.5. The smallest absolute Gasteiger partial charge is 0.258 e. The number of ether oxygens (including phenoxy) is 2. The highest BCUT2D eigenvalue weighted by Gasteiger charge is 2.10. The second-order valence-corrected chi connectivity index (χ2v) is 6.46. The zero-order chi connectivity index (χ0) is 21.2. The van der Waals surface area contributed by atoms with Crippen molar-refractivity contribution in [2.24, 2.45) is 0 Å². The van der Waals surface area contributed by atoms with Gasteiger partial charge in [-0.1, -0.05) is 42.5 Å². The minimum absolute atomic E-state index is 0.0971. The van der Waals surface area contributed by atoms with Gasteiger partial charge >= 0.3 is 0 Å². The molecule has 6 nitrogen and oxygen atoms in total. The van der Waals surface area contributed by atoms with Gasteiger partial charge in [0, 0.05) is 12.1 Å². The highest BCUT2D eigenvalue weighted by molar-refractivity contribution is 6.05. The summed E-state index contributed by atoms with van der Waals surface area (Å²) in [6.07, 6.45) is 0. The van der Waals surface area contributed by atoms with Gasteiger partial charge in [0.05, 0.1) is 12.3 Å². The zero-order valence-corrected chi connectivity index (χ0v) is 16.8. The Bertz CT molecular complexity index is 972. The van der Waals surface area contributed by atoms with Crippen molar-refractivity contribution >= 4 is 17.5 Å². The number of hydrogen-bond donors (Lipinski definition) is 2. The van der Waals surface area contributed by atoms with Crippen LogP contribution in [0.2, 0.25) is 0 Å². The van der Waals surface area contributed by atoms with Crippen LogP contribution in [0.1, 0.15) is 22.8 Å². The van der Waals surface area contributed by atoms with Gasteiger partial charge < -0.3 is 20.1 Å². The summed E-state index contributed by atoms with van der Waals surface area (Å²) in [6.45, 7) is 2.75. The molecule has 3 aromatic carbocycles. The van der Waals surface area contributed by atoms with Gasteiger partial charge in [0.1, 0.15) is 11.5 Å². The lowest BCUT2D eigenvalue weighted by Gasteiger charge is -2.11. The fourth-order valence-electron chi connectivity index (χ4n) is 2.74. The van der Waals surface area contributed by atoms with E-state index in [1.54, 1.807) is 36.4 Å². The fraction of sp³-hybridized carbons (Fsp3) is 0.167. The molecular formula is C24H24N2O4. The summed E-state index contributed by atoms with van der Waals surface area (Å²) in [4.78, 5) is 24.4. The number of benzene rings is 3. The van der Waals surface area contributed by atoms with Crippen molar-refractivity contribution in [1.82, 2.24) is 5.32 Å². The second kappa shape index (κ2) is 10.7. The first-order chi connectivity index (χ1) is 14.7. The first kappa shape index (κ1) is 20.9. The molecule has 0 heterocycles. The van der Waals surface area contributed by atoms with E-state index in [1.165, 1.54) is 0 Å². The Balaban J connectivity index is 1.49. The largest absolute Gasteiger partial charge is 0.492 e. The predicted octanol–water partition coefficient (Wildman–Crippen LogP) is 4.03. The lowest BCUT2D eigenvalue weighted by Crippen LogP contribution is -2.28. The summed E-state index contributed by atoms with van der Waals surface area (Å²) in [5.74, 6) is 0.661. The van der Waals surface area contributed by atoms with Crippen LogP contribution in [-0.2, 0) is 11.3 Å². The molecule has 0 saturated carbocycles. The number of rotatable bonds is 9. The predicted molar refractivity (Wildman–Crippen MR) is 116 cm³/mol. The van der Waals surface area contributed by atoms with Crippen molar-refractivity contribution < 1.29 is 19.1 Å². The molecular weight excluding hydrogens is 380 g/mol. The third kappa shape index (κ3) is 6.10. The molecule has 0 spiro atoms. The van der Waals surface area contributed by atoms with E-state index in [9.17, 15) is 9.59 Å². The van der Waals surface area contributed by atoms with Crippen molar-refractivity contribution in [1.29, 1.82) is 0 Å². The molecule has 0 unspecified atom stereocenters. The average molecular weight is 404 g/mol. The Kier molecular flexibility index (Phi) is 7.44. The standard InChI is InChI=1S/C24H24N2O4/c1-2-29-22-11-7-6-10-21(22)26-24(28)19-12-14-20(15-13-19)30-17-23(27)25-16-18-8-4-3-5-9-18/h3-15H,2,16-17H2,1H3,(H,25,27)(H,26,28). The maximum absolute atomic E-state index is 12.5. The molecule has 0 bridgehead atoms. The van der Waals surface area contributed by atoms with Crippen LogP contribution in [0.25, 0.3) is 0 Å². The molecule has 154 valence electrons. The van der Waals surface area contributed by atoms with Crippen LogP contribution in [0.4, 0.5) is 5.69 Å². The molecule has 0 aliphatic heterocycles. The number of anilines is 1. The number of carbonyl (C=O) groups is 2. The molecule has 3 aromatic rings. The Hall–Kier alpha value is -3.80. The first-order valence-corrected chi connectivity index (χ1v) is 9.72. The molecule has 2 N–H and O–H groups in total. The summed E-state index contributed by atoms with van der Waals surface area (Å²) in [5.41, 5.74) is 2.11. The maximum atomic E-state index is 12.5.